The minimum atomic E-state index is 0.677. The molecule has 0 bridgehead atoms. The van der Waals surface area contributed by atoms with Crippen LogP contribution >= 0.6 is 49.7 Å². The molecule has 0 aliphatic rings. The standard InChI is InChI=1S/C26H38N2S4/c1-3-5-7-9-15-27(25(29)30)19-21-11-13-23-14-12-22(18-24(23)17-21)20-28(26(31)32)16-10-8-6-4-2/h11-14,17-18H,3-10,15-16,19-20H2,1-2H3,(H,29,30)(H,31,32). The average Bonchev–Trinajstić information content (AvgIpc) is 2.77. The van der Waals surface area contributed by atoms with Gasteiger partial charge in [-0.15, -0.1) is 25.3 Å². The van der Waals surface area contributed by atoms with Gasteiger partial charge in [0.25, 0.3) is 0 Å². The summed E-state index contributed by atoms with van der Waals surface area (Å²) in [5.74, 6) is 0. The van der Waals surface area contributed by atoms with Crippen LogP contribution in [0.2, 0.25) is 0 Å². The quantitative estimate of drug-likeness (QED) is 0.152. The Bertz CT molecular complexity index is 801. The van der Waals surface area contributed by atoms with Crippen LogP contribution in [0.5, 0.6) is 0 Å². The molecule has 0 fully saturated rings. The third-order valence-electron chi connectivity index (χ3n) is 5.82. The van der Waals surface area contributed by atoms with E-state index in [1.54, 1.807) is 0 Å². The Kier molecular flexibility index (Phi) is 13.0. The summed E-state index contributed by atoms with van der Waals surface area (Å²) in [7, 11) is 0. The van der Waals surface area contributed by atoms with Crippen molar-refractivity contribution in [1.29, 1.82) is 0 Å². The first-order valence-corrected chi connectivity index (χ1v) is 13.6. The molecular formula is C26H38N2S4. The normalized spacial score (nSPS) is 11.0. The van der Waals surface area contributed by atoms with Crippen LogP contribution in [0.4, 0.5) is 0 Å². The van der Waals surface area contributed by atoms with Crippen LogP contribution in [-0.4, -0.2) is 31.5 Å². The largest absolute Gasteiger partial charge is 0.353 e. The maximum absolute atomic E-state index is 5.40. The van der Waals surface area contributed by atoms with E-state index < -0.39 is 0 Å². The summed E-state index contributed by atoms with van der Waals surface area (Å²) in [5.41, 5.74) is 2.53. The van der Waals surface area contributed by atoms with Gasteiger partial charge in [0.05, 0.1) is 0 Å². The molecule has 2 aromatic rings. The Morgan fingerprint density at radius 1 is 0.656 bits per heavy atom. The van der Waals surface area contributed by atoms with Crippen molar-refractivity contribution in [2.45, 2.75) is 78.3 Å². The molecule has 0 heterocycles. The highest BCUT2D eigenvalue weighted by Gasteiger charge is 2.10. The molecule has 0 atom stereocenters. The van der Waals surface area contributed by atoms with Crippen molar-refractivity contribution in [3.05, 3.63) is 47.5 Å². The van der Waals surface area contributed by atoms with Crippen LogP contribution in [0, 0.1) is 0 Å². The van der Waals surface area contributed by atoms with Crippen molar-refractivity contribution < 1.29 is 0 Å². The summed E-state index contributed by atoms with van der Waals surface area (Å²) in [6, 6.07) is 13.4. The van der Waals surface area contributed by atoms with Gasteiger partial charge in [-0.1, -0.05) is 101 Å². The van der Waals surface area contributed by atoms with E-state index in [0.717, 1.165) is 39.0 Å². The second-order valence-electron chi connectivity index (χ2n) is 8.55. The molecule has 6 heteroatoms. The van der Waals surface area contributed by atoms with Crippen molar-refractivity contribution in [2.24, 2.45) is 0 Å². The number of thiol groups is 2. The lowest BCUT2D eigenvalue weighted by Crippen LogP contribution is -2.27. The lowest BCUT2D eigenvalue weighted by atomic mass is 10.0. The predicted molar refractivity (Wildman–Crippen MR) is 156 cm³/mol. The van der Waals surface area contributed by atoms with E-state index in [9.17, 15) is 0 Å². The van der Waals surface area contributed by atoms with Gasteiger partial charge in [0.15, 0.2) is 0 Å². The van der Waals surface area contributed by atoms with E-state index in [4.69, 9.17) is 24.4 Å². The Labute approximate surface area is 216 Å². The molecule has 0 spiro atoms. The van der Waals surface area contributed by atoms with Gasteiger partial charge in [-0.05, 0) is 46.9 Å². The van der Waals surface area contributed by atoms with Gasteiger partial charge in [-0.2, -0.15) is 0 Å². The summed E-state index contributed by atoms with van der Waals surface area (Å²) in [6.07, 6.45) is 9.83. The molecule has 0 unspecified atom stereocenters. The van der Waals surface area contributed by atoms with E-state index in [1.165, 1.54) is 60.4 Å². The van der Waals surface area contributed by atoms with Crippen LogP contribution < -0.4 is 0 Å². The Balaban J connectivity index is 2.08. The highest BCUT2D eigenvalue weighted by atomic mass is 32.1. The number of rotatable bonds is 14. The molecule has 0 aliphatic heterocycles. The SMILES string of the molecule is CCCCCCN(Cc1ccc2ccc(CN(CCCCCC)C(=S)S)cc2c1)C(=S)S. The molecule has 0 saturated heterocycles. The van der Waals surface area contributed by atoms with Crippen LogP contribution in [0.1, 0.15) is 76.3 Å². The Hall–Kier alpha value is -0.820. The lowest BCUT2D eigenvalue weighted by Gasteiger charge is -2.24. The third kappa shape index (κ3) is 9.58. The zero-order valence-electron chi connectivity index (χ0n) is 19.6. The van der Waals surface area contributed by atoms with Gasteiger partial charge in [-0.3, -0.25) is 0 Å². The van der Waals surface area contributed by atoms with Crippen molar-refractivity contribution in [3.8, 4) is 0 Å². The number of hydrogen-bond donors (Lipinski definition) is 2. The zero-order valence-corrected chi connectivity index (χ0v) is 23.0. The average molecular weight is 507 g/mol. The Morgan fingerprint density at radius 2 is 1.09 bits per heavy atom. The summed E-state index contributed by atoms with van der Waals surface area (Å²) >= 11 is 19.7. The van der Waals surface area contributed by atoms with Gasteiger partial charge in [0.2, 0.25) is 0 Å². The van der Waals surface area contributed by atoms with Gasteiger partial charge in [0.1, 0.15) is 8.64 Å². The molecule has 0 saturated carbocycles. The van der Waals surface area contributed by atoms with Crippen LogP contribution in [-0.2, 0) is 13.1 Å². The molecule has 0 N–H and O–H groups in total. The van der Waals surface area contributed by atoms with E-state index in [1.807, 2.05) is 0 Å². The highest BCUT2D eigenvalue weighted by Crippen LogP contribution is 2.21. The zero-order chi connectivity index (χ0) is 23.3. The number of nitrogens with zero attached hydrogens (tertiary/aromatic N) is 2. The molecular weight excluding hydrogens is 469 g/mol. The predicted octanol–water partition coefficient (Wildman–Crippen LogP) is 8.03. The van der Waals surface area contributed by atoms with E-state index in [-0.39, 0.29) is 0 Å². The first-order valence-electron chi connectivity index (χ1n) is 11.9. The number of unbranched alkanes of at least 4 members (excludes halogenated alkanes) is 6. The van der Waals surface area contributed by atoms with Gasteiger partial charge in [0, 0.05) is 26.2 Å². The number of hydrogen-bond acceptors (Lipinski definition) is 2. The fourth-order valence-electron chi connectivity index (χ4n) is 3.93. The molecule has 0 aliphatic carbocycles. The molecule has 0 radical (unpaired) electrons. The lowest BCUT2D eigenvalue weighted by molar-refractivity contribution is 0.408. The first kappa shape index (κ1) is 27.4. The van der Waals surface area contributed by atoms with Crippen molar-refractivity contribution in [3.63, 3.8) is 0 Å². The minimum absolute atomic E-state index is 0.677. The van der Waals surface area contributed by atoms with Crippen LogP contribution in [0.25, 0.3) is 10.8 Å². The van der Waals surface area contributed by atoms with Gasteiger partial charge < -0.3 is 9.80 Å². The monoisotopic (exact) mass is 506 g/mol. The summed E-state index contributed by atoms with van der Waals surface area (Å²) < 4.78 is 1.35. The van der Waals surface area contributed by atoms with E-state index in [2.05, 4.69) is 85.3 Å². The Morgan fingerprint density at radius 3 is 1.47 bits per heavy atom. The summed E-state index contributed by atoms with van der Waals surface area (Å²) in [4.78, 5) is 4.41. The third-order valence-corrected chi connectivity index (χ3v) is 6.90. The highest BCUT2D eigenvalue weighted by molar-refractivity contribution is 8.11. The fourth-order valence-corrected chi connectivity index (χ4v) is 4.58. The van der Waals surface area contributed by atoms with Crippen molar-refractivity contribution >= 4 is 69.1 Å². The van der Waals surface area contributed by atoms with E-state index in [0.29, 0.717) is 8.64 Å². The van der Waals surface area contributed by atoms with Gasteiger partial charge >= 0.3 is 0 Å². The second kappa shape index (κ2) is 15.2. The molecule has 0 amide bonds. The summed E-state index contributed by atoms with van der Waals surface area (Å²) in [5, 5.41) is 2.51. The molecule has 0 aromatic heterocycles. The van der Waals surface area contributed by atoms with Crippen molar-refractivity contribution in [2.75, 3.05) is 13.1 Å². The second-order valence-corrected chi connectivity index (χ2v) is 10.8. The number of fused-ring (bicyclic) bond motifs is 1. The molecule has 2 rings (SSSR count). The molecule has 32 heavy (non-hydrogen) atoms. The smallest absolute Gasteiger partial charge is 0.133 e. The maximum atomic E-state index is 5.40. The fraction of sp³-hybridized carbons (Fsp3) is 0.538. The van der Waals surface area contributed by atoms with Crippen molar-refractivity contribution in [1.82, 2.24) is 9.80 Å². The van der Waals surface area contributed by atoms with Crippen LogP contribution in [0.15, 0.2) is 36.4 Å². The number of thiocarbonyl (C=S) groups is 2. The van der Waals surface area contributed by atoms with Crippen LogP contribution in [0.3, 0.4) is 0 Å². The minimum Gasteiger partial charge on any atom is -0.353 e. The number of benzene rings is 2. The molecule has 2 aromatic carbocycles. The summed E-state index contributed by atoms with van der Waals surface area (Å²) in [6.45, 7) is 8.01. The molecule has 2 nitrogen and oxygen atoms in total. The van der Waals surface area contributed by atoms with E-state index >= 15 is 0 Å². The van der Waals surface area contributed by atoms with Gasteiger partial charge in [-0.25, -0.2) is 0 Å². The molecule has 176 valence electrons. The maximum Gasteiger partial charge on any atom is 0.133 e. The first-order chi connectivity index (χ1) is 15.4. The topological polar surface area (TPSA) is 6.48 Å².